The van der Waals surface area contributed by atoms with Gasteiger partial charge in [0.05, 0.1) is 17.1 Å². The van der Waals surface area contributed by atoms with Crippen LogP contribution in [0.5, 0.6) is 0 Å². The topological polar surface area (TPSA) is 42.0 Å². The van der Waals surface area contributed by atoms with Crippen LogP contribution in [0.4, 0.5) is 0 Å². The number of halogens is 2. The fourth-order valence-corrected chi connectivity index (χ4v) is 4.35. The number of rotatable bonds is 5. The van der Waals surface area contributed by atoms with Gasteiger partial charge in [-0.2, -0.15) is 0 Å². The summed E-state index contributed by atoms with van der Waals surface area (Å²) in [4.78, 5) is 18.1. The molecule has 1 aromatic heterocycles. The van der Waals surface area contributed by atoms with Crippen LogP contribution in [-0.4, -0.2) is 17.4 Å². The van der Waals surface area contributed by atoms with Gasteiger partial charge in [-0.25, -0.2) is 4.98 Å². The minimum atomic E-state index is -0.0319. The van der Waals surface area contributed by atoms with E-state index in [9.17, 15) is 4.79 Å². The van der Waals surface area contributed by atoms with Crippen molar-refractivity contribution in [1.82, 2.24) is 10.3 Å². The monoisotopic (exact) mass is 368 g/mol. The first kappa shape index (κ1) is 16.7. The van der Waals surface area contributed by atoms with E-state index < -0.39 is 0 Å². The van der Waals surface area contributed by atoms with Crippen LogP contribution in [-0.2, 0) is 30.5 Å². The maximum Gasteiger partial charge on any atom is 0.224 e. The average Bonchev–Trinajstić information content (AvgIpc) is 2.93. The smallest absolute Gasteiger partial charge is 0.224 e. The molecule has 1 aliphatic rings. The van der Waals surface area contributed by atoms with Gasteiger partial charge >= 0.3 is 0 Å². The van der Waals surface area contributed by atoms with E-state index in [1.54, 1.807) is 29.5 Å². The average molecular weight is 369 g/mol. The Morgan fingerprint density at radius 3 is 2.87 bits per heavy atom. The molecule has 0 saturated carbocycles. The summed E-state index contributed by atoms with van der Waals surface area (Å²) in [6, 6.07) is 5.20. The second-order valence-electron chi connectivity index (χ2n) is 5.70. The molecule has 3 nitrogen and oxygen atoms in total. The van der Waals surface area contributed by atoms with E-state index in [0.717, 1.165) is 29.8 Å². The summed E-state index contributed by atoms with van der Waals surface area (Å²) in [5.41, 5.74) is 2.06. The van der Waals surface area contributed by atoms with E-state index in [-0.39, 0.29) is 12.3 Å². The number of thiazole rings is 1. The molecule has 1 heterocycles. The molecule has 0 aliphatic heterocycles. The van der Waals surface area contributed by atoms with Gasteiger partial charge < -0.3 is 5.32 Å². The van der Waals surface area contributed by atoms with Crippen LogP contribution in [0.15, 0.2) is 18.2 Å². The summed E-state index contributed by atoms with van der Waals surface area (Å²) in [6.45, 7) is 0.608. The van der Waals surface area contributed by atoms with Crippen molar-refractivity contribution in [2.45, 2.75) is 38.5 Å². The van der Waals surface area contributed by atoms with Crippen LogP contribution >= 0.6 is 34.5 Å². The van der Waals surface area contributed by atoms with Gasteiger partial charge in [0, 0.05) is 27.9 Å². The Morgan fingerprint density at radius 2 is 2.09 bits per heavy atom. The van der Waals surface area contributed by atoms with Crippen LogP contribution in [0.25, 0.3) is 0 Å². The molecule has 0 unspecified atom stereocenters. The van der Waals surface area contributed by atoms with Gasteiger partial charge in [0.25, 0.3) is 0 Å². The first-order valence-corrected chi connectivity index (χ1v) is 9.37. The highest BCUT2D eigenvalue weighted by atomic mass is 35.5. The van der Waals surface area contributed by atoms with Crippen molar-refractivity contribution in [3.63, 3.8) is 0 Å². The highest BCUT2D eigenvalue weighted by Gasteiger charge is 2.15. The summed E-state index contributed by atoms with van der Waals surface area (Å²) in [5.74, 6) is -0.0319. The molecule has 1 aliphatic carbocycles. The summed E-state index contributed by atoms with van der Waals surface area (Å²) >= 11 is 13.7. The van der Waals surface area contributed by atoms with Crippen LogP contribution in [0.3, 0.4) is 0 Å². The molecular weight excluding hydrogens is 351 g/mol. The summed E-state index contributed by atoms with van der Waals surface area (Å²) < 4.78 is 0. The number of aryl methyl sites for hydroxylation is 2. The summed E-state index contributed by atoms with van der Waals surface area (Å²) in [7, 11) is 0. The highest BCUT2D eigenvalue weighted by molar-refractivity contribution is 7.11. The zero-order valence-corrected chi connectivity index (χ0v) is 15.0. The molecule has 0 radical (unpaired) electrons. The molecule has 1 aromatic carbocycles. The highest BCUT2D eigenvalue weighted by Crippen LogP contribution is 2.26. The molecular formula is C17H18Cl2N2OS. The number of amides is 1. The minimum Gasteiger partial charge on any atom is -0.355 e. The first-order valence-electron chi connectivity index (χ1n) is 7.80. The number of fused-ring (bicyclic) bond motifs is 1. The summed E-state index contributed by atoms with van der Waals surface area (Å²) in [6.07, 6.45) is 5.84. The number of aromatic nitrogens is 1. The Kier molecular flexibility index (Phi) is 5.57. The van der Waals surface area contributed by atoms with Crippen molar-refractivity contribution < 1.29 is 4.79 Å². The largest absolute Gasteiger partial charge is 0.355 e. The normalized spacial score (nSPS) is 13.7. The quantitative estimate of drug-likeness (QED) is 0.857. The van der Waals surface area contributed by atoms with E-state index in [1.807, 2.05) is 0 Å². The Balaban J connectivity index is 1.48. The Labute approximate surface area is 150 Å². The fraction of sp³-hybridized carbons (Fsp3) is 0.412. The first-order chi connectivity index (χ1) is 11.1. The van der Waals surface area contributed by atoms with Crippen LogP contribution in [0.2, 0.25) is 10.0 Å². The Hall–Kier alpha value is -1.10. The fourth-order valence-electron chi connectivity index (χ4n) is 2.72. The van der Waals surface area contributed by atoms with Crippen LogP contribution in [0, 0.1) is 0 Å². The zero-order chi connectivity index (χ0) is 16.2. The molecule has 6 heteroatoms. The van der Waals surface area contributed by atoms with E-state index in [1.165, 1.54) is 23.4 Å². The van der Waals surface area contributed by atoms with Crippen molar-refractivity contribution in [2.75, 3.05) is 6.54 Å². The van der Waals surface area contributed by atoms with E-state index in [0.29, 0.717) is 16.6 Å². The number of nitrogens with one attached hydrogen (secondary N) is 1. The number of nitrogens with zero attached hydrogens (tertiary/aromatic N) is 1. The van der Waals surface area contributed by atoms with Gasteiger partial charge in [0.1, 0.15) is 0 Å². The van der Waals surface area contributed by atoms with Crippen molar-refractivity contribution in [3.8, 4) is 0 Å². The van der Waals surface area contributed by atoms with E-state index >= 15 is 0 Å². The lowest BCUT2D eigenvalue weighted by Gasteiger charge is -2.06. The molecule has 0 bridgehead atoms. The molecule has 23 heavy (non-hydrogen) atoms. The van der Waals surface area contributed by atoms with Gasteiger partial charge in [0.15, 0.2) is 0 Å². The Morgan fingerprint density at radius 1 is 1.26 bits per heavy atom. The summed E-state index contributed by atoms with van der Waals surface area (Å²) in [5, 5.41) is 5.17. The molecule has 1 amide bonds. The lowest BCUT2D eigenvalue weighted by Crippen LogP contribution is -2.27. The van der Waals surface area contributed by atoms with E-state index in [4.69, 9.17) is 23.2 Å². The second kappa shape index (κ2) is 7.65. The maximum atomic E-state index is 12.0. The third-order valence-corrected chi connectivity index (χ3v) is 5.72. The van der Waals surface area contributed by atoms with Gasteiger partial charge in [-0.15, -0.1) is 11.3 Å². The SMILES string of the molecule is O=C(Cc1ccc(Cl)cc1Cl)NCCc1nc2c(s1)CCCC2. The predicted octanol–water partition coefficient (Wildman–Crippen LogP) is 4.23. The molecule has 3 rings (SSSR count). The number of carbonyl (C=O) groups is 1. The molecule has 1 N–H and O–H groups in total. The molecule has 2 aromatic rings. The molecule has 122 valence electrons. The number of hydrogen-bond acceptors (Lipinski definition) is 3. The van der Waals surface area contributed by atoms with Crippen molar-refractivity contribution in [2.24, 2.45) is 0 Å². The van der Waals surface area contributed by atoms with Gasteiger partial charge in [0.2, 0.25) is 5.91 Å². The molecule has 0 fully saturated rings. The zero-order valence-electron chi connectivity index (χ0n) is 12.7. The van der Waals surface area contributed by atoms with Gasteiger partial charge in [-0.05, 0) is 43.4 Å². The second-order valence-corrected chi connectivity index (χ2v) is 7.71. The van der Waals surface area contributed by atoms with Crippen molar-refractivity contribution in [1.29, 1.82) is 0 Å². The lowest BCUT2D eigenvalue weighted by molar-refractivity contribution is -0.120. The number of carbonyl (C=O) groups excluding carboxylic acids is 1. The minimum absolute atomic E-state index is 0.0319. The van der Waals surface area contributed by atoms with Gasteiger partial charge in [-0.3, -0.25) is 4.79 Å². The van der Waals surface area contributed by atoms with Crippen molar-refractivity contribution >= 4 is 40.4 Å². The van der Waals surface area contributed by atoms with Crippen LogP contribution in [0.1, 0.15) is 34.0 Å². The van der Waals surface area contributed by atoms with Gasteiger partial charge in [-0.1, -0.05) is 29.3 Å². The molecule has 0 spiro atoms. The lowest BCUT2D eigenvalue weighted by atomic mass is 10.0. The predicted molar refractivity (Wildman–Crippen MR) is 95.6 cm³/mol. The van der Waals surface area contributed by atoms with Crippen LogP contribution < -0.4 is 5.32 Å². The molecule has 0 atom stereocenters. The van der Waals surface area contributed by atoms with E-state index in [2.05, 4.69) is 10.3 Å². The Bertz CT molecular complexity index is 691. The third-order valence-electron chi connectivity index (χ3n) is 3.92. The number of benzene rings is 1. The number of hydrogen-bond donors (Lipinski definition) is 1. The van der Waals surface area contributed by atoms with Crippen molar-refractivity contribution in [3.05, 3.63) is 49.4 Å². The standard InChI is InChI=1S/C17H18Cl2N2OS/c18-12-6-5-11(13(19)10-12)9-16(22)20-8-7-17-21-14-3-1-2-4-15(14)23-17/h5-6,10H,1-4,7-9H2,(H,20,22). The molecule has 0 saturated heterocycles. The third kappa shape index (κ3) is 4.46. The maximum absolute atomic E-state index is 12.0.